The zero-order valence-corrected chi connectivity index (χ0v) is 30.2. The molecule has 12 nitrogen and oxygen atoms in total. The van der Waals surface area contributed by atoms with Gasteiger partial charge in [0.1, 0.15) is 0 Å². The highest BCUT2D eigenvalue weighted by atomic mass is 16.2. The van der Waals surface area contributed by atoms with E-state index in [0.29, 0.717) is 51.9 Å². The molecule has 4 aromatic carbocycles. The van der Waals surface area contributed by atoms with Gasteiger partial charge in [-0.05, 0) is 71.9 Å². The molecule has 13 N–H and O–H groups in total. The van der Waals surface area contributed by atoms with Crippen molar-refractivity contribution in [3.05, 3.63) is 120 Å². The summed E-state index contributed by atoms with van der Waals surface area (Å²) in [5.74, 6) is -0.611. The summed E-state index contributed by atoms with van der Waals surface area (Å²) in [5, 5.41) is 30.0. The molecular weight excluding hydrogens is 665 g/mol. The van der Waals surface area contributed by atoms with Gasteiger partial charge in [0.2, 0.25) is 11.8 Å². The van der Waals surface area contributed by atoms with Gasteiger partial charge in [0.25, 0.3) is 0 Å². The fraction of sp³-hybridized carbons (Fsp3) is 0.317. The van der Waals surface area contributed by atoms with Crippen molar-refractivity contribution >= 4 is 23.7 Å². The first-order chi connectivity index (χ1) is 25.7. The van der Waals surface area contributed by atoms with Crippen LogP contribution in [0.25, 0.3) is 22.3 Å². The number of rotatable bonds is 21. The lowest BCUT2D eigenvalue weighted by Gasteiger charge is -2.25. The summed E-state index contributed by atoms with van der Waals surface area (Å²) in [6, 6.07) is 34.8. The van der Waals surface area contributed by atoms with E-state index in [1.165, 1.54) is 0 Å². The molecule has 0 saturated carbocycles. The molecule has 0 bridgehead atoms. The van der Waals surface area contributed by atoms with Crippen LogP contribution in [0, 0.1) is 10.8 Å². The second-order valence-electron chi connectivity index (χ2n) is 13.1. The number of unbranched alkanes of at least 4 members (excludes halogenated alkanes) is 1. The number of nitrogens with two attached hydrogens (primary N) is 3. The zero-order chi connectivity index (χ0) is 37.8. The minimum absolute atomic E-state index is 0.0752. The molecule has 0 aliphatic rings. The Bertz CT molecular complexity index is 1720. The van der Waals surface area contributed by atoms with Crippen LogP contribution in [-0.2, 0) is 22.4 Å². The molecule has 3 atom stereocenters. The molecule has 53 heavy (non-hydrogen) atoms. The van der Waals surface area contributed by atoms with Crippen LogP contribution < -0.4 is 43.8 Å². The Hall–Kier alpha value is -5.72. The summed E-state index contributed by atoms with van der Waals surface area (Å²) < 4.78 is 0. The molecule has 0 aliphatic carbocycles. The van der Waals surface area contributed by atoms with Crippen LogP contribution >= 0.6 is 0 Å². The Balaban J connectivity index is 1.40. The van der Waals surface area contributed by atoms with Crippen molar-refractivity contribution in [2.75, 3.05) is 26.2 Å². The quantitative estimate of drug-likeness (QED) is 0.0349. The van der Waals surface area contributed by atoms with Gasteiger partial charge in [-0.25, -0.2) is 0 Å². The van der Waals surface area contributed by atoms with E-state index in [1.807, 2.05) is 72.8 Å². The number of carbonyl (C=O) groups is 2. The van der Waals surface area contributed by atoms with Crippen molar-refractivity contribution in [3.63, 3.8) is 0 Å². The second-order valence-corrected chi connectivity index (χ2v) is 13.1. The number of nitrogens with one attached hydrogen (secondary N) is 7. The average molecular weight is 719 g/mol. The number of carbonyl (C=O) groups excluding carboxylic acids is 2. The highest BCUT2D eigenvalue weighted by Gasteiger charge is 2.23. The van der Waals surface area contributed by atoms with Crippen LogP contribution in [-0.4, -0.2) is 68.0 Å². The summed E-state index contributed by atoms with van der Waals surface area (Å²) in [4.78, 5) is 27.0. The van der Waals surface area contributed by atoms with Crippen LogP contribution in [0.4, 0.5) is 0 Å². The molecule has 0 radical (unpaired) electrons. The highest BCUT2D eigenvalue weighted by Crippen LogP contribution is 2.21. The van der Waals surface area contributed by atoms with Crippen LogP contribution in [0.2, 0.25) is 0 Å². The number of hydrogen-bond acceptors (Lipinski definition) is 6. The van der Waals surface area contributed by atoms with E-state index >= 15 is 0 Å². The predicted octanol–water partition coefficient (Wildman–Crippen LogP) is 3.22. The summed E-state index contributed by atoms with van der Waals surface area (Å²) in [7, 11) is 0. The first kappa shape index (κ1) is 40.1. The standard InChI is InChI=1S/C41H54N10O2/c42-36(26-29-15-19-33(20-16-29)31-10-3-1-4-11-31)38(52)51-35(14-9-25-49-41(45)46)28-50-37(39(53)47-23-7-8-24-48-40(43)44)27-30-17-21-34(22-18-30)32-12-5-2-6-13-32/h1-6,10-13,15-22,35-37,50H,7-9,14,23-28,42H2,(H,47,53)(H,51,52)(H4,43,44,48)(H4,45,46,49)/t35-,36-,37-/m0/s1. The van der Waals surface area contributed by atoms with Gasteiger partial charge in [0, 0.05) is 32.2 Å². The van der Waals surface area contributed by atoms with E-state index in [9.17, 15) is 9.59 Å². The number of guanidine groups is 2. The first-order valence-electron chi connectivity index (χ1n) is 18.2. The molecular formula is C41H54N10O2. The monoisotopic (exact) mass is 718 g/mol. The maximum Gasteiger partial charge on any atom is 0.237 e. The minimum atomic E-state index is -0.768. The molecule has 0 fully saturated rings. The van der Waals surface area contributed by atoms with Gasteiger partial charge in [-0.1, -0.05) is 109 Å². The molecule has 12 heteroatoms. The largest absolute Gasteiger partial charge is 0.370 e. The molecule has 0 heterocycles. The Morgan fingerprint density at radius 3 is 1.53 bits per heavy atom. The maximum absolute atomic E-state index is 13.6. The van der Waals surface area contributed by atoms with Crippen molar-refractivity contribution in [1.29, 1.82) is 10.8 Å². The third kappa shape index (κ3) is 14.4. The number of hydrogen-bond donors (Lipinski definition) is 10. The van der Waals surface area contributed by atoms with Gasteiger partial charge in [-0.3, -0.25) is 20.4 Å². The number of amides is 2. The van der Waals surface area contributed by atoms with Gasteiger partial charge in [0.15, 0.2) is 11.9 Å². The summed E-state index contributed by atoms with van der Waals surface area (Å²) in [6.45, 7) is 1.83. The van der Waals surface area contributed by atoms with Gasteiger partial charge in [-0.15, -0.1) is 0 Å². The second kappa shape index (κ2) is 21.6. The van der Waals surface area contributed by atoms with Crippen molar-refractivity contribution < 1.29 is 9.59 Å². The Kier molecular flexibility index (Phi) is 16.3. The normalized spacial score (nSPS) is 12.5. The summed E-state index contributed by atoms with van der Waals surface area (Å²) in [5.41, 5.74) is 23.7. The molecule has 0 saturated heterocycles. The van der Waals surface area contributed by atoms with E-state index in [4.69, 9.17) is 28.0 Å². The fourth-order valence-electron chi connectivity index (χ4n) is 5.97. The summed E-state index contributed by atoms with van der Waals surface area (Å²) in [6.07, 6.45) is 3.49. The smallest absolute Gasteiger partial charge is 0.237 e. The molecule has 0 aromatic heterocycles. The Labute approximate surface area is 312 Å². The van der Waals surface area contributed by atoms with Crippen molar-refractivity contribution in [1.82, 2.24) is 26.6 Å². The number of benzene rings is 4. The Morgan fingerprint density at radius 1 is 0.566 bits per heavy atom. The average Bonchev–Trinajstić information content (AvgIpc) is 3.17. The van der Waals surface area contributed by atoms with Crippen molar-refractivity contribution in [2.24, 2.45) is 17.2 Å². The topological polar surface area (TPSA) is 220 Å². The molecule has 4 rings (SSSR count). The SMILES string of the molecule is N=C(N)NCCCCNC(=O)[C@H](Cc1ccc(-c2ccccc2)cc1)NC[C@H](CCCNC(=N)N)NC(=O)[C@@H](N)Cc1ccc(-c2ccccc2)cc1. The van der Waals surface area contributed by atoms with E-state index in [0.717, 1.165) is 46.2 Å². The van der Waals surface area contributed by atoms with E-state index in [2.05, 4.69) is 63.0 Å². The summed E-state index contributed by atoms with van der Waals surface area (Å²) >= 11 is 0. The van der Waals surface area contributed by atoms with Gasteiger partial charge >= 0.3 is 0 Å². The third-order valence-electron chi connectivity index (χ3n) is 8.89. The predicted molar refractivity (Wildman–Crippen MR) is 214 cm³/mol. The van der Waals surface area contributed by atoms with Crippen LogP contribution in [0.3, 0.4) is 0 Å². The van der Waals surface area contributed by atoms with Crippen molar-refractivity contribution in [3.8, 4) is 22.3 Å². The van der Waals surface area contributed by atoms with Gasteiger partial charge in [0.05, 0.1) is 12.1 Å². The highest BCUT2D eigenvalue weighted by molar-refractivity contribution is 5.83. The van der Waals surface area contributed by atoms with Gasteiger partial charge < -0.3 is 43.8 Å². The molecule has 0 aliphatic heterocycles. The van der Waals surface area contributed by atoms with Crippen LogP contribution in [0.1, 0.15) is 36.8 Å². The molecule has 0 spiro atoms. The molecule has 2 amide bonds. The van der Waals surface area contributed by atoms with Crippen LogP contribution in [0.5, 0.6) is 0 Å². The van der Waals surface area contributed by atoms with Crippen LogP contribution in [0.15, 0.2) is 109 Å². The lowest BCUT2D eigenvalue weighted by molar-refractivity contribution is -0.123. The first-order valence-corrected chi connectivity index (χ1v) is 18.2. The van der Waals surface area contributed by atoms with E-state index < -0.39 is 12.1 Å². The van der Waals surface area contributed by atoms with Crippen molar-refractivity contribution in [2.45, 2.75) is 56.7 Å². The molecule has 4 aromatic rings. The third-order valence-corrected chi connectivity index (χ3v) is 8.89. The zero-order valence-electron chi connectivity index (χ0n) is 30.2. The Morgan fingerprint density at radius 2 is 1.02 bits per heavy atom. The maximum atomic E-state index is 13.6. The lowest BCUT2D eigenvalue weighted by Crippen LogP contribution is -2.53. The lowest BCUT2D eigenvalue weighted by atomic mass is 9.99. The van der Waals surface area contributed by atoms with Gasteiger partial charge in [-0.2, -0.15) is 0 Å². The molecule has 280 valence electrons. The van der Waals surface area contributed by atoms with E-state index in [-0.39, 0.29) is 29.8 Å². The van der Waals surface area contributed by atoms with E-state index in [1.54, 1.807) is 0 Å². The molecule has 0 unspecified atom stereocenters. The fourth-order valence-corrected chi connectivity index (χ4v) is 5.97. The minimum Gasteiger partial charge on any atom is -0.370 e.